The SMILES string of the molecule is CC(C)CN(CCC#N)C(=O)C1NCC2CCCC21. The van der Waals surface area contributed by atoms with Crippen LogP contribution in [0.15, 0.2) is 0 Å². The highest BCUT2D eigenvalue weighted by molar-refractivity contribution is 5.82. The minimum absolute atomic E-state index is 0.00458. The number of rotatable bonds is 5. The van der Waals surface area contributed by atoms with Gasteiger partial charge in [-0.3, -0.25) is 4.79 Å². The molecule has 3 unspecified atom stereocenters. The van der Waals surface area contributed by atoms with E-state index in [9.17, 15) is 4.79 Å². The Morgan fingerprint density at radius 1 is 1.47 bits per heavy atom. The van der Waals surface area contributed by atoms with Gasteiger partial charge in [0.15, 0.2) is 0 Å². The number of fused-ring (bicyclic) bond motifs is 1. The van der Waals surface area contributed by atoms with Gasteiger partial charge in [-0.15, -0.1) is 0 Å². The molecule has 3 atom stereocenters. The molecule has 1 N–H and O–H groups in total. The van der Waals surface area contributed by atoms with Crippen LogP contribution in [0.4, 0.5) is 0 Å². The molecule has 1 saturated carbocycles. The number of nitrogens with zero attached hydrogens (tertiary/aromatic N) is 2. The fraction of sp³-hybridized carbons (Fsp3) is 0.867. The molecule has 0 aromatic heterocycles. The first-order valence-corrected chi connectivity index (χ1v) is 7.52. The molecule has 0 aromatic carbocycles. The van der Waals surface area contributed by atoms with Crippen molar-refractivity contribution in [2.24, 2.45) is 17.8 Å². The second-order valence-corrected chi connectivity index (χ2v) is 6.33. The fourth-order valence-electron chi connectivity index (χ4n) is 3.57. The number of amides is 1. The first-order chi connectivity index (χ1) is 9.13. The van der Waals surface area contributed by atoms with E-state index < -0.39 is 0 Å². The standard InChI is InChI=1S/C15H25N3O/c1-11(2)10-18(8-4-7-16)15(19)14-13-6-3-5-12(13)9-17-14/h11-14,17H,3-6,8-10H2,1-2H3. The van der Waals surface area contributed by atoms with Crippen molar-refractivity contribution < 1.29 is 4.79 Å². The van der Waals surface area contributed by atoms with E-state index in [1.165, 1.54) is 19.3 Å². The van der Waals surface area contributed by atoms with Gasteiger partial charge in [0, 0.05) is 13.1 Å². The van der Waals surface area contributed by atoms with Gasteiger partial charge in [-0.25, -0.2) is 0 Å². The highest BCUT2D eigenvalue weighted by atomic mass is 16.2. The van der Waals surface area contributed by atoms with E-state index in [4.69, 9.17) is 5.26 Å². The molecule has 1 aliphatic heterocycles. The van der Waals surface area contributed by atoms with Crippen LogP contribution in [0.5, 0.6) is 0 Å². The number of nitriles is 1. The Hall–Kier alpha value is -1.08. The number of carbonyl (C=O) groups excluding carboxylic acids is 1. The average Bonchev–Trinajstić information content (AvgIpc) is 2.95. The van der Waals surface area contributed by atoms with Gasteiger partial charge in [-0.1, -0.05) is 20.3 Å². The summed E-state index contributed by atoms with van der Waals surface area (Å²) >= 11 is 0. The van der Waals surface area contributed by atoms with E-state index >= 15 is 0 Å². The summed E-state index contributed by atoms with van der Waals surface area (Å²) in [4.78, 5) is 14.6. The minimum atomic E-state index is 0.00458. The molecule has 1 saturated heterocycles. The average molecular weight is 263 g/mol. The van der Waals surface area contributed by atoms with E-state index in [2.05, 4.69) is 25.2 Å². The maximum atomic E-state index is 12.7. The van der Waals surface area contributed by atoms with Gasteiger partial charge in [-0.2, -0.15) is 5.26 Å². The van der Waals surface area contributed by atoms with Crippen LogP contribution in [-0.4, -0.2) is 36.5 Å². The second-order valence-electron chi connectivity index (χ2n) is 6.33. The molecule has 2 aliphatic rings. The molecule has 1 aliphatic carbocycles. The van der Waals surface area contributed by atoms with Crippen LogP contribution in [-0.2, 0) is 4.79 Å². The normalized spacial score (nSPS) is 29.3. The van der Waals surface area contributed by atoms with Crippen LogP contribution in [0.25, 0.3) is 0 Å². The van der Waals surface area contributed by atoms with Gasteiger partial charge >= 0.3 is 0 Å². The van der Waals surface area contributed by atoms with Crippen LogP contribution in [0, 0.1) is 29.1 Å². The molecule has 2 fully saturated rings. The third kappa shape index (κ3) is 3.27. The monoisotopic (exact) mass is 263 g/mol. The summed E-state index contributed by atoms with van der Waals surface area (Å²) in [5.74, 6) is 1.90. The summed E-state index contributed by atoms with van der Waals surface area (Å²) < 4.78 is 0. The van der Waals surface area contributed by atoms with Gasteiger partial charge in [-0.05, 0) is 37.1 Å². The summed E-state index contributed by atoms with van der Waals surface area (Å²) in [6, 6.07) is 2.15. The third-order valence-electron chi connectivity index (χ3n) is 4.40. The van der Waals surface area contributed by atoms with Crippen LogP contribution in [0.3, 0.4) is 0 Å². The number of hydrogen-bond acceptors (Lipinski definition) is 3. The highest BCUT2D eigenvalue weighted by Crippen LogP contribution is 2.38. The molecule has 0 aromatic rings. The van der Waals surface area contributed by atoms with E-state index in [1.54, 1.807) is 0 Å². The third-order valence-corrected chi connectivity index (χ3v) is 4.40. The lowest BCUT2D eigenvalue weighted by Crippen LogP contribution is -2.47. The lowest BCUT2D eigenvalue weighted by molar-refractivity contribution is -0.134. The summed E-state index contributed by atoms with van der Waals surface area (Å²) in [7, 11) is 0. The molecule has 1 amide bonds. The fourth-order valence-corrected chi connectivity index (χ4v) is 3.57. The first-order valence-electron chi connectivity index (χ1n) is 7.52. The van der Waals surface area contributed by atoms with Crippen molar-refractivity contribution in [3.05, 3.63) is 0 Å². The van der Waals surface area contributed by atoms with E-state index in [0.717, 1.165) is 13.1 Å². The lowest BCUT2D eigenvalue weighted by atomic mass is 9.93. The van der Waals surface area contributed by atoms with Crippen molar-refractivity contribution in [2.75, 3.05) is 19.6 Å². The van der Waals surface area contributed by atoms with E-state index in [-0.39, 0.29) is 11.9 Å². The first kappa shape index (κ1) is 14.3. The predicted octanol–water partition coefficient (Wildman–Crippen LogP) is 1.77. The van der Waals surface area contributed by atoms with Crippen molar-refractivity contribution in [3.63, 3.8) is 0 Å². The highest BCUT2D eigenvalue weighted by Gasteiger charge is 2.43. The molecule has 4 nitrogen and oxygen atoms in total. The molecule has 2 rings (SSSR count). The molecule has 1 heterocycles. The maximum Gasteiger partial charge on any atom is 0.240 e. The Balaban J connectivity index is 1.99. The summed E-state index contributed by atoms with van der Waals surface area (Å²) in [5, 5.41) is 12.2. The molecule has 0 radical (unpaired) electrons. The lowest BCUT2D eigenvalue weighted by Gasteiger charge is -2.28. The van der Waals surface area contributed by atoms with Gasteiger partial charge in [0.1, 0.15) is 0 Å². The Morgan fingerprint density at radius 2 is 2.26 bits per heavy atom. The van der Waals surface area contributed by atoms with Crippen molar-refractivity contribution in [1.29, 1.82) is 5.26 Å². The molecule has 0 spiro atoms. The minimum Gasteiger partial charge on any atom is -0.340 e. The van der Waals surface area contributed by atoms with Crippen LogP contribution >= 0.6 is 0 Å². The number of nitrogens with one attached hydrogen (secondary N) is 1. The van der Waals surface area contributed by atoms with Crippen molar-refractivity contribution in [2.45, 2.75) is 45.6 Å². The molecular weight excluding hydrogens is 238 g/mol. The Labute approximate surface area is 116 Å². The Morgan fingerprint density at radius 3 is 2.95 bits per heavy atom. The zero-order valence-electron chi connectivity index (χ0n) is 12.1. The Kier molecular flexibility index (Phi) is 4.81. The van der Waals surface area contributed by atoms with Gasteiger partial charge in [0.25, 0.3) is 0 Å². The molecule has 106 valence electrons. The van der Waals surface area contributed by atoms with Crippen LogP contribution in [0.1, 0.15) is 39.5 Å². The topological polar surface area (TPSA) is 56.1 Å². The van der Waals surface area contributed by atoms with Crippen LogP contribution < -0.4 is 5.32 Å². The Bertz CT molecular complexity index is 361. The second kappa shape index (κ2) is 6.38. The van der Waals surface area contributed by atoms with Crippen molar-refractivity contribution in [1.82, 2.24) is 10.2 Å². The smallest absolute Gasteiger partial charge is 0.240 e. The van der Waals surface area contributed by atoms with Crippen molar-refractivity contribution >= 4 is 5.91 Å². The summed E-state index contributed by atoms with van der Waals surface area (Å²) in [6.07, 6.45) is 4.15. The molecule has 0 bridgehead atoms. The van der Waals surface area contributed by atoms with E-state index in [1.807, 2.05) is 4.90 Å². The van der Waals surface area contributed by atoms with Gasteiger partial charge in [0.2, 0.25) is 5.91 Å². The summed E-state index contributed by atoms with van der Waals surface area (Å²) in [6.45, 7) is 6.56. The largest absolute Gasteiger partial charge is 0.340 e. The quantitative estimate of drug-likeness (QED) is 0.822. The zero-order chi connectivity index (χ0) is 13.8. The molecular formula is C15H25N3O. The number of carbonyl (C=O) groups is 1. The maximum absolute atomic E-state index is 12.7. The summed E-state index contributed by atoms with van der Waals surface area (Å²) in [5.41, 5.74) is 0. The van der Waals surface area contributed by atoms with Gasteiger partial charge in [0.05, 0.1) is 18.5 Å². The predicted molar refractivity (Wildman–Crippen MR) is 74.3 cm³/mol. The van der Waals surface area contributed by atoms with E-state index in [0.29, 0.717) is 30.7 Å². The zero-order valence-corrected chi connectivity index (χ0v) is 12.1. The van der Waals surface area contributed by atoms with Gasteiger partial charge < -0.3 is 10.2 Å². The molecule has 4 heteroatoms. The van der Waals surface area contributed by atoms with Crippen molar-refractivity contribution in [3.8, 4) is 6.07 Å². The van der Waals surface area contributed by atoms with Crippen LogP contribution in [0.2, 0.25) is 0 Å². The number of hydrogen-bond donors (Lipinski definition) is 1. The molecule has 19 heavy (non-hydrogen) atoms.